The predicted octanol–water partition coefficient (Wildman–Crippen LogP) is 5.50. The lowest BCUT2D eigenvalue weighted by molar-refractivity contribution is 0.141. The summed E-state index contributed by atoms with van der Waals surface area (Å²) in [6, 6.07) is 11.3. The number of fused-ring (bicyclic) bond motifs is 3. The maximum absolute atomic E-state index is 12.7. The maximum atomic E-state index is 12.7. The van der Waals surface area contributed by atoms with Gasteiger partial charge in [-0.15, -0.1) is 0 Å². The Bertz CT molecular complexity index is 1100. The molecule has 1 atom stereocenters. The van der Waals surface area contributed by atoms with Crippen molar-refractivity contribution in [3.8, 4) is 11.5 Å². The van der Waals surface area contributed by atoms with Gasteiger partial charge in [-0.1, -0.05) is 20.8 Å². The number of rotatable bonds is 4. The van der Waals surface area contributed by atoms with Crippen LogP contribution < -0.4 is 14.8 Å². The van der Waals surface area contributed by atoms with Gasteiger partial charge < -0.3 is 18.3 Å². The van der Waals surface area contributed by atoms with E-state index in [1.165, 1.54) is 0 Å². The average Bonchev–Trinajstić information content (AvgIpc) is 3.13. The van der Waals surface area contributed by atoms with Gasteiger partial charge in [0, 0.05) is 23.3 Å². The molecule has 0 radical (unpaired) electrons. The first-order valence-corrected chi connectivity index (χ1v) is 13.0. The van der Waals surface area contributed by atoms with E-state index in [1.807, 2.05) is 30.3 Å². The van der Waals surface area contributed by atoms with E-state index in [0.29, 0.717) is 29.9 Å². The summed E-state index contributed by atoms with van der Waals surface area (Å²) in [6.45, 7) is 12.3. The van der Waals surface area contributed by atoms with Gasteiger partial charge in [0.05, 0.1) is 18.6 Å². The molecule has 0 amide bonds. The van der Waals surface area contributed by atoms with Crippen molar-refractivity contribution < 1.29 is 18.3 Å². The fourth-order valence-electron chi connectivity index (χ4n) is 3.27. The lowest BCUT2D eigenvalue weighted by atomic mass is 10.1. The van der Waals surface area contributed by atoms with Crippen LogP contribution >= 0.6 is 0 Å². The van der Waals surface area contributed by atoms with Crippen LogP contribution in [0.5, 0.6) is 11.5 Å². The van der Waals surface area contributed by atoms with Gasteiger partial charge in [-0.25, -0.2) is 4.79 Å². The molecule has 6 heteroatoms. The fraction of sp³-hybridized carbons (Fsp3) is 0.435. The van der Waals surface area contributed by atoms with Gasteiger partial charge in [-0.05, 0) is 48.5 Å². The average molecular weight is 413 g/mol. The van der Waals surface area contributed by atoms with Gasteiger partial charge in [-0.3, -0.25) is 0 Å². The molecule has 0 spiro atoms. The third kappa shape index (κ3) is 3.91. The van der Waals surface area contributed by atoms with E-state index in [-0.39, 0.29) is 16.8 Å². The molecule has 1 saturated heterocycles. The Morgan fingerprint density at radius 2 is 1.72 bits per heavy atom. The molecule has 0 bridgehead atoms. The molecule has 1 aliphatic rings. The summed E-state index contributed by atoms with van der Waals surface area (Å²) in [5.74, 6) is 1.41. The van der Waals surface area contributed by atoms with E-state index in [2.05, 4.69) is 33.9 Å². The van der Waals surface area contributed by atoms with Gasteiger partial charge >= 0.3 is 5.63 Å². The van der Waals surface area contributed by atoms with E-state index in [1.54, 1.807) is 6.07 Å². The first-order valence-electron chi connectivity index (χ1n) is 10.1. The van der Waals surface area contributed by atoms with Gasteiger partial charge in [0.2, 0.25) is 8.32 Å². The topological polar surface area (TPSA) is 57.9 Å². The highest BCUT2D eigenvalue weighted by molar-refractivity contribution is 6.74. The Kier molecular flexibility index (Phi) is 4.95. The first-order chi connectivity index (χ1) is 13.6. The third-order valence-corrected chi connectivity index (χ3v) is 10.4. The largest absolute Gasteiger partial charge is 0.543 e. The molecule has 0 aliphatic carbocycles. The molecule has 0 unspecified atom stereocenters. The zero-order valence-corrected chi connectivity index (χ0v) is 18.7. The normalized spacial score (nSPS) is 17.8. The van der Waals surface area contributed by atoms with E-state index in [9.17, 15) is 4.79 Å². The minimum absolute atomic E-state index is 0.0370. The summed E-state index contributed by atoms with van der Waals surface area (Å²) >= 11 is 0. The Labute approximate surface area is 171 Å². The van der Waals surface area contributed by atoms with E-state index in [0.717, 1.165) is 22.9 Å². The van der Waals surface area contributed by atoms with Crippen molar-refractivity contribution in [1.82, 2.24) is 0 Å². The molecule has 4 rings (SSSR count). The van der Waals surface area contributed by atoms with Crippen molar-refractivity contribution >= 4 is 30.1 Å². The number of ether oxygens (including phenoxy) is 2. The van der Waals surface area contributed by atoms with Crippen molar-refractivity contribution in [2.75, 3.05) is 13.2 Å². The van der Waals surface area contributed by atoms with Crippen LogP contribution in [0.25, 0.3) is 21.7 Å². The van der Waals surface area contributed by atoms with E-state index >= 15 is 0 Å². The second kappa shape index (κ2) is 7.18. The van der Waals surface area contributed by atoms with Gasteiger partial charge in [0.25, 0.3) is 0 Å². The molecule has 2 aromatic carbocycles. The quantitative estimate of drug-likeness (QED) is 0.322. The second-order valence-corrected chi connectivity index (χ2v) is 13.9. The van der Waals surface area contributed by atoms with Crippen LogP contribution in [0.1, 0.15) is 27.2 Å². The SMILES string of the molecule is CC(C)(C)[Si](C)(C)Oc1ccc2c(c1)oc(=O)c1cc(O[C@H]3CCOC3)ccc12. The molecular formula is C23H28O5Si. The Balaban J connectivity index is 1.71. The zero-order chi connectivity index (χ0) is 20.8. The molecule has 3 aromatic rings. The smallest absolute Gasteiger partial charge is 0.344 e. The lowest BCUT2D eigenvalue weighted by Gasteiger charge is -2.36. The van der Waals surface area contributed by atoms with Crippen LogP contribution in [0, 0.1) is 0 Å². The van der Waals surface area contributed by atoms with Crippen LogP contribution in [-0.2, 0) is 4.74 Å². The second-order valence-electron chi connectivity index (χ2n) is 9.22. The minimum Gasteiger partial charge on any atom is -0.543 e. The summed E-state index contributed by atoms with van der Waals surface area (Å²) in [5, 5.41) is 2.35. The van der Waals surface area contributed by atoms with Crippen molar-refractivity contribution in [3.63, 3.8) is 0 Å². The summed E-state index contributed by atoms with van der Waals surface area (Å²) in [6.07, 6.45) is 0.899. The molecule has 5 nitrogen and oxygen atoms in total. The minimum atomic E-state index is -1.97. The number of benzene rings is 2. The van der Waals surface area contributed by atoms with Crippen LogP contribution in [0.2, 0.25) is 18.1 Å². The third-order valence-electron chi connectivity index (χ3n) is 6.03. The van der Waals surface area contributed by atoms with E-state index in [4.69, 9.17) is 18.3 Å². The fourth-order valence-corrected chi connectivity index (χ4v) is 4.30. The van der Waals surface area contributed by atoms with Crippen molar-refractivity contribution in [1.29, 1.82) is 0 Å². The van der Waals surface area contributed by atoms with Gasteiger partial charge in [0.15, 0.2) is 0 Å². The predicted molar refractivity (Wildman–Crippen MR) is 118 cm³/mol. The molecular weight excluding hydrogens is 384 g/mol. The standard InChI is InChI=1S/C23H28O5Si/c1-23(2,3)29(4,5)28-16-7-9-19-18-8-6-15(26-17-10-11-25-14-17)12-20(18)22(24)27-21(19)13-16/h6-9,12-13,17H,10-11,14H2,1-5H3/t17-/m0/s1. The van der Waals surface area contributed by atoms with Crippen molar-refractivity contribution in [2.45, 2.75) is 51.4 Å². The Morgan fingerprint density at radius 1 is 1.00 bits per heavy atom. The highest BCUT2D eigenvalue weighted by Gasteiger charge is 2.39. The summed E-state index contributed by atoms with van der Waals surface area (Å²) in [4.78, 5) is 12.7. The Hall–Kier alpha value is -2.31. The highest BCUT2D eigenvalue weighted by Crippen LogP contribution is 2.38. The summed E-state index contributed by atoms with van der Waals surface area (Å²) in [5.41, 5.74) is 0.168. The molecule has 1 aromatic heterocycles. The molecule has 2 heterocycles. The number of hydrogen-bond acceptors (Lipinski definition) is 5. The molecule has 154 valence electrons. The molecule has 0 N–H and O–H groups in total. The van der Waals surface area contributed by atoms with Gasteiger partial charge in [0.1, 0.15) is 23.2 Å². The molecule has 1 fully saturated rings. The Morgan fingerprint density at radius 3 is 2.41 bits per heavy atom. The van der Waals surface area contributed by atoms with Crippen LogP contribution in [-0.4, -0.2) is 27.6 Å². The molecule has 0 saturated carbocycles. The van der Waals surface area contributed by atoms with Crippen LogP contribution in [0.15, 0.2) is 45.6 Å². The van der Waals surface area contributed by atoms with Crippen molar-refractivity contribution in [3.05, 3.63) is 46.8 Å². The first kappa shape index (κ1) is 20.0. The lowest BCUT2D eigenvalue weighted by Crippen LogP contribution is -2.43. The zero-order valence-electron chi connectivity index (χ0n) is 17.7. The summed E-state index contributed by atoms with van der Waals surface area (Å²) in [7, 11) is -1.97. The van der Waals surface area contributed by atoms with Crippen LogP contribution in [0.4, 0.5) is 0 Å². The van der Waals surface area contributed by atoms with Crippen molar-refractivity contribution in [2.24, 2.45) is 0 Å². The summed E-state index contributed by atoms with van der Waals surface area (Å²) < 4.78 is 23.3. The highest BCUT2D eigenvalue weighted by atomic mass is 28.4. The number of hydrogen-bond donors (Lipinski definition) is 0. The molecule has 29 heavy (non-hydrogen) atoms. The van der Waals surface area contributed by atoms with Crippen LogP contribution in [0.3, 0.4) is 0 Å². The maximum Gasteiger partial charge on any atom is 0.344 e. The molecule has 1 aliphatic heterocycles. The monoisotopic (exact) mass is 412 g/mol. The van der Waals surface area contributed by atoms with Gasteiger partial charge in [-0.2, -0.15) is 0 Å². The van der Waals surface area contributed by atoms with E-state index < -0.39 is 8.32 Å².